The third-order valence-electron chi connectivity index (χ3n) is 1.76. The molecule has 0 radical (unpaired) electrons. The van der Waals surface area contributed by atoms with Crippen molar-refractivity contribution < 1.29 is 22.3 Å². The first-order valence-electron chi connectivity index (χ1n) is 4.54. The van der Waals surface area contributed by atoms with E-state index in [0.29, 0.717) is 0 Å². The molecule has 1 aromatic rings. The number of nitrogens with zero attached hydrogens (tertiary/aromatic N) is 1. The summed E-state index contributed by atoms with van der Waals surface area (Å²) in [5.74, 6) is -1.52. The van der Waals surface area contributed by atoms with Crippen molar-refractivity contribution >= 4 is 31.7 Å². The highest BCUT2D eigenvalue weighted by Gasteiger charge is 2.52. The highest BCUT2D eigenvalue weighted by atomic mass is 79.9. The number of hydrogen-bond acceptors (Lipinski definition) is 5. The minimum Gasteiger partial charge on any atom is -0.462 e. The van der Waals surface area contributed by atoms with E-state index in [1.807, 2.05) is 0 Å². The number of hydrogen-bond donors (Lipinski definition) is 0. The molecule has 94 valence electrons. The monoisotopic (exact) mass is 325 g/mol. The number of aromatic nitrogens is 1. The van der Waals surface area contributed by atoms with Crippen LogP contribution in [0.25, 0.3) is 0 Å². The van der Waals surface area contributed by atoms with Crippen molar-refractivity contribution in [3.05, 3.63) is 24.4 Å². The van der Waals surface area contributed by atoms with Crippen molar-refractivity contribution in [2.24, 2.45) is 0 Å². The lowest BCUT2D eigenvalue weighted by molar-refractivity contribution is -0.146. The number of carbonyl (C=O) groups is 1. The van der Waals surface area contributed by atoms with Crippen LogP contribution in [-0.4, -0.2) is 29.9 Å². The van der Waals surface area contributed by atoms with Crippen LogP contribution in [-0.2, 0) is 19.4 Å². The summed E-state index contributed by atoms with van der Waals surface area (Å²) in [4.78, 5) is 14.7. The van der Waals surface area contributed by atoms with Gasteiger partial charge in [-0.1, -0.05) is 6.07 Å². The SMILES string of the molecule is CCOC(=O)C(F)(Br)S(=O)(=O)c1ccccn1. The van der Waals surface area contributed by atoms with Crippen LogP contribution < -0.4 is 0 Å². The average molecular weight is 326 g/mol. The third-order valence-corrected chi connectivity index (χ3v) is 5.00. The standard InChI is InChI=1S/C9H9BrFNO4S/c1-2-16-8(13)9(10,11)17(14,15)7-5-3-4-6-12-7/h3-6H,2H2,1H3. The summed E-state index contributed by atoms with van der Waals surface area (Å²) in [5.41, 5.74) is 0. The summed E-state index contributed by atoms with van der Waals surface area (Å²) in [7, 11) is -4.60. The van der Waals surface area contributed by atoms with E-state index < -0.39 is 24.7 Å². The van der Waals surface area contributed by atoms with Crippen LogP contribution in [0.1, 0.15) is 6.92 Å². The fourth-order valence-corrected chi connectivity index (χ4v) is 2.57. The molecule has 0 aliphatic heterocycles. The first-order chi connectivity index (χ1) is 7.84. The minimum absolute atomic E-state index is 0.131. The zero-order valence-corrected chi connectivity index (χ0v) is 11.2. The van der Waals surface area contributed by atoms with Gasteiger partial charge in [-0.15, -0.1) is 0 Å². The molecule has 0 bridgehead atoms. The number of pyridine rings is 1. The number of alkyl halides is 2. The lowest BCUT2D eigenvalue weighted by Gasteiger charge is -2.16. The molecule has 0 fully saturated rings. The van der Waals surface area contributed by atoms with Crippen molar-refractivity contribution in [3.63, 3.8) is 0 Å². The molecule has 0 amide bonds. The molecule has 1 aromatic heterocycles. The number of carbonyl (C=O) groups excluding carboxylic acids is 1. The van der Waals surface area contributed by atoms with E-state index in [1.54, 1.807) is 0 Å². The summed E-state index contributed by atoms with van der Waals surface area (Å²) >= 11 is 2.24. The van der Waals surface area contributed by atoms with Gasteiger partial charge in [-0.05, 0) is 35.0 Å². The number of rotatable bonds is 4. The molecule has 8 heteroatoms. The summed E-state index contributed by atoms with van der Waals surface area (Å²) in [5, 5.41) is -0.549. The predicted molar refractivity (Wildman–Crippen MR) is 60.8 cm³/mol. The molecular weight excluding hydrogens is 317 g/mol. The van der Waals surface area contributed by atoms with E-state index in [0.717, 1.165) is 6.07 Å². The molecule has 1 unspecified atom stereocenters. The molecule has 5 nitrogen and oxygen atoms in total. The Hall–Kier alpha value is -1.02. The molecule has 0 aliphatic rings. The highest BCUT2D eigenvalue weighted by molar-refractivity contribution is 9.12. The number of ether oxygens (including phenoxy) is 1. The van der Waals surface area contributed by atoms with E-state index in [1.165, 1.54) is 25.3 Å². The van der Waals surface area contributed by atoms with Gasteiger partial charge in [0.15, 0.2) is 5.03 Å². The Morgan fingerprint density at radius 3 is 2.71 bits per heavy atom. The van der Waals surface area contributed by atoms with Crippen LogP contribution in [0.2, 0.25) is 0 Å². The summed E-state index contributed by atoms with van der Waals surface area (Å²) in [6, 6.07) is 3.93. The smallest absolute Gasteiger partial charge is 0.371 e. The van der Waals surface area contributed by atoms with Crippen LogP contribution in [0.4, 0.5) is 4.39 Å². The van der Waals surface area contributed by atoms with Gasteiger partial charge in [0, 0.05) is 6.20 Å². The Balaban J connectivity index is 3.19. The second-order valence-corrected chi connectivity index (χ2v) is 6.51. The maximum atomic E-state index is 13.9. The topological polar surface area (TPSA) is 73.3 Å². The number of sulfone groups is 1. The number of esters is 1. The zero-order valence-electron chi connectivity index (χ0n) is 8.76. The summed E-state index contributed by atoms with van der Waals surface area (Å²) < 4.78 is 38.5. The molecule has 1 rings (SSSR count). The molecule has 0 saturated carbocycles. The van der Waals surface area contributed by atoms with Gasteiger partial charge in [0.25, 0.3) is 9.84 Å². The Kier molecular flexibility index (Phi) is 4.21. The normalized spacial score (nSPS) is 15.0. The van der Waals surface area contributed by atoms with Crippen LogP contribution in [0.5, 0.6) is 0 Å². The second-order valence-electron chi connectivity index (χ2n) is 2.91. The van der Waals surface area contributed by atoms with Crippen molar-refractivity contribution in [2.75, 3.05) is 6.61 Å². The van der Waals surface area contributed by atoms with Crippen molar-refractivity contribution in [1.29, 1.82) is 0 Å². The van der Waals surface area contributed by atoms with Gasteiger partial charge in [0.2, 0.25) is 0 Å². The Morgan fingerprint density at radius 2 is 2.24 bits per heavy atom. The Bertz CT molecular complexity index is 503. The van der Waals surface area contributed by atoms with Crippen LogP contribution in [0, 0.1) is 0 Å². The quantitative estimate of drug-likeness (QED) is 0.618. The van der Waals surface area contributed by atoms with Crippen LogP contribution >= 0.6 is 15.9 Å². The highest BCUT2D eigenvalue weighted by Crippen LogP contribution is 2.33. The van der Waals surface area contributed by atoms with E-state index in [2.05, 4.69) is 25.7 Å². The van der Waals surface area contributed by atoms with E-state index in [4.69, 9.17) is 0 Å². The Labute approximate surface area is 106 Å². The van der Waals surface area contributed by atoms with E-state index in [9.17, 15) is 17.6 Å². The van der Waals surface area contributed by atoms with E-state index in [-0.39, 0.29) is 6.61 Å². The maximum absolute atomic E-state index is 13.9. The largest absolute Gasteiger partial charge is 0.462 e. The first-order valence-corrected chi connectivity index (χ1v) is 6.82. The van der Waals surface area contributed by atoms with Gasteiger partial charge in [-0.3, -0.25) is 0 Å². The average Bonchev–Trinajstić information content (AvgIpc) is 2.30. The van der Waals surface area contributed by atoms with Crippen LogP contribution in [0.15, 0.2) is 29.4 Å². The second kappa shape index (κ2) is 5.09. The van der Waals surface area contributed by atoms with Gasteiger partial charge in [0.1, 0.15) is 0 Å². The molecule has 0 saturated heterocycles. The molecule has 0 N–H and O–H groups in total. The lowest BCUT2D eigenvalue weighted by atomic mass is 10.5. The Morgan fingerprint density at radius 1 is 1.59 bits per heavy atom. The zero-order chi connectivity index (χ0) is 13.1. The lowest BCUT2D eigenvalue weighted by Crippen LogP contribution is -2.38. The molecular formula is C9H9BrFNO4S. The minimum atomic E-state index is -4.60. The molecule has 0 spiro atoms. The molecule has 0 aliphatic carbocycles. The third kappa shape index (κ3) is 2.63. The molecule has 1 atom stereocenters. The maximum Gasteiger partial charge on any atom is 0.371 e. The van der Waals surface area contributed by atoms with Crippen molar-refractivity contribution in [3.8, 4) is 0 Å². The summed E-state index contributed by atoms with van der Waals surface area (Å²) in [6.45, 7) is 1.31. The van der Waals surface area contributed by atoms with Gasteiger partial charge in [-0.2, -0.15) is 4.39 Å². The van der Waals surface area contributed by atoms with Gasteiger partial charge >= 0.3 is 9.88 Å². The van der Waals surface area contributed by atoms with Crippen molar-refractivity contribution in [2.45, 2.75) is 15.9 Å². The fourth-order valence-electron chi connectivity index (χ4n) is 0.962. The summed E-state index contributed by atoms with van der Waals surface area (Å²) in [6.07, 6.45) is 1.18. The molecule has 1 heterocycles. The van der Waals surface area contributed by atoms with Gasteiger partial charge < -0.3 is 4.74 Å². The number of halogens is 2. The molecule has 0 aromatic carbocycles. The molecule has 17 heavy (non-hydrogen) atoms. The van der Waals surface area contributed by atoms with E-state index >= 15 is 0 Å². The van der Waals surface area contributed by atoms with Gasteiger partial charge in [0.05, 0.1) is 6.61 Å². The van der Waals surface area contributed by atoms with Crippen molar-refractivity contribution in [1.82, 2.24) is 4.98 Å². The van der Waals surface area contributed by atoms with Gasteiger partial charge in [-0.25, -0.2) is 18.2 Å². The first kappa shape index (κ1) is 14.0. The van der Waals surface area contributed by atoms with Crippen LogP contribution in [0.3, 0.4) is 0 Å². The fraction of sp³-hybridized carbons (Fsp3) is 0.333. The predicted octanol–water partition coefficient (Wildman–Crippen LogP) is 1.44.